The highest BCUT2D eigenvalue weighted by molar-refractivity contribution is 5.92. The van der Waals surface area contributed by atoms with Crippen LogP contribution in [-0.2, 0) is 4.79 Å². The third-order valence-corrected chi connectivity index (χ3v) is 4.09. The van der Waals surface area contributed by atoms with Gasteiger partial charge in [-0.05, 0) is 43.3 Å². The van der Waals surface area contributed by atoms with Gasteiger partial charge in [-0.15, -0.1) is 5.10 Å². The molecule has 0 aliphatic heterocycles. The van der Waals surface area contributed by atoms with E-state index in [1.165, 1.54) is 0 Å². The molecule has 3 rings (SSSR count). The van der Waals surface area contributed by atoms with E-state index in [2.05, 4.69) is 15.4 Å². The van der Waals surface area contributed by atoms with Crippen molar-refractivity contribution in [2.24, 2.45) is 5.92 Å². The number of ether oxygens (including phenoxy) is 2. The van der Waals surface area contributed by atoms with Crippen LogP contribution in [0.4, 0.5) is 5.69 Å². The van der Waals surface area contributed by atoms with Gasteiger partial charge in [-0.25, -0.2) is 4.68 Å². The van der Waals surface area contributed by atoms with Crippen LogP contribution in [0.2, 0.25) is 0 Å². The van der Waals surface area contributed by atoms with E-state index in [9.17, 15) is 4.79 Å². The molecule has 3 aromatic rings. The molecule has 0 atom stereocenters. The molecule has 7 nitrogen and oxygen atoms in total. The van der Waals surface area contributed by atoms with Gasteiger partial charge in [-0.2, -0.15) is 4.98 Å². The van der Waals surface area contributed by atoms with E-state index in [0.29, 0.717) is 18.4 Å². The molecule has 1 heterocycles. The lowest BCUT2D eigenvalue weighted by molar-refractivity contribution is -0.118. The topological polar surface area (TPSA) is 78.3 Å². The van der Waals surface area contributed by atoms with Crippen LogP contribution < -0.4 is 14.8 Å². The second-order valence-corrected chi connectivity index (χ2v) is 6.49. The van der Waals surface area contributed by atoms with E-state index in [1.807, 2.05) is 69.3 Å². The average molecular weight is 380 g/mol. The molecule has 2 aromatic carbocycles. The van der Waals surface area contributed by atoms with Gasteiger partial charge in [-0.3, -0.25) is 4.79 Å². The van der Waals surface area contributed by atoms with Gasteiger partial charge in [0.1, 0.15) is 5.75 Å². The van der Waals surface area contributed by atoms with Crippen LogP contribution in [0.15, 0.2) is 48.5 Å². The number of hydrogen-bond acceptors (Lipinski definition) is 5. The Kier molecular flexibility index (Phi) is 5.93. The van der Waals surface area contributed by atoms with E-state index < -0.39 is 0 Å². The Morgan fingerprint density at radius 1 is 1.18 bits per heavy atom. The number of carbonyl (C=O) groups excluding carboxylic acids is 1. The van der Waals surface area contributed by atoms with Crippen molar-refractivity contribution in [2.45, 2.75) is 20.8 Å². The van der Waals surface area contributed by atoms with Crippen LogP contribution in [0.5, 0.6) is 11.8 Å². The number of carbonyl (C=O) groups is 1. The lowest BCUT2D eigenvalue weighted by Crippen LogP contribution is -2.17. The van der Waals surface area contributed by atoms with E-state index in [-0.39, 0.29) is 11.8 Å². The monoisotopic (exact) mass is 380 g/mol. The average Bonchev–Trinajstić information content (AvgIpc) is 3.13. The first kappa shape index (κ1) is 19.4. The van der Waals surface area contributed by atoms with Crippen molar-refractivity contribution in [1.82, 2.24) is 14.8 Å². The highest BCUT2D eigenvalue weighted by Gasteiger charge is 2.15. The Morgan fingerprint density at radius 2 is 1.93 bits per heavy atom. The van der Waals surface area contributed by atoms with E-state index in [0.717, 1.165) is 22.7 Å². The maximum atomic E-state index is 11.9. The number of aromatic nitrogens is 3. The summed E-state index contributed by atoms with van der Waals surface area (Å²) < 4.78 is 12.5. The standard InChI is InChI=1S/C21H24N4O3/c1-5-28-21-23-19(15-7-6-8-18(13-15)27-4)25(24-21)17-11-9-16(10-12-17)22-20(26)14(2)3/h6-14H,5H2,1-4H3,(H,22,26). The summed E-state index contributed by atoms with van der Waals surface area (Å²) in [6.45, 7) is 6.07. The van der Waals surface area contributed by atoms with Crippen molar-refractivity contribution in [3.05, 3.63) is 48.5 Å². The first-order chi connectivity index (χ1) is 13.5. The number of rotatable bonds is 7. The third kappa shape index (κ3) is 4.31. The summed E-state index contributed by atoms with van der Waals surface area (Å²) >= 11 is 0. The fourth-order valence-electron chi connectivity index (χ4n) is 2.59. The smallest absolute Gasteiger partial charge is 0.336 e. The number of nitrogens with one attached hydrogen (secondary N) is 1. The molecule has 0 bridgehead atoms. The van der Waals surface area contributed by atoms with E-state index in [4.69, 9.17) is 9.47 Å². The number of amides is 1. The molecule has 0 aliphatic rings. The number of nitrogens with zero attached hydrogens (tertiary/aromatic N) is 3. The summed E-state index contributed by atoms with van der Waals surface area (Å²) in [6.07, 6.45) is 0. The van der Waals surface area contributed by atoms with Crippen LogP contribution in [0.3, 0.4) is 0 Å². The zero-order valence-electron chi connectivity index (χ0n) is 16.5. The SMILES string of the molecule is CCOc1nc(-c2cccc(OC)c2)n(-c2ccc(NC(=O)C(C)C)cc2)n1. The molecule has 1 aromatic heterocycles. The van der Waals surface area contributed by atoms with Gasteiger partial charge in [0.05, 0.1) is 19.4 Å². The van der Waals surface area contributed by atoms with Gasteiger partial charge < -0.3 is 14.8 Å². The van der Waals surface area contributed by atoms with E-state index in [1.54, 1.807) is 11.8 Å². The van der Waals surface area contributed by atoms with Gasteiger partial charge in [0.15, 0.2) is 5.82 Å². The first-order valence-electron chi connectivity index (χ1n) is 9.17. The van der Waals surface area contributed by atoms with Crippen molar-refractivity contribution in [1.29, 1.82) is 0 Å². The van der Waals surface area contributed by atoms with Crippen molar-refractivity contribution in [2.75, 3.05) is 19.0 Å². The minimum Gasteiger partial charge on any atom is -0.497 e. The molecule has 0 radical (unpaired) electrons. The van der Waals surface area contributed by atoms with E-state index >= 15 is 0 Å². The maximum absolute atomic E-state index is 11.9. The summed E-state index contributed by atoms with van der Waals surface area (Å²) in [6, 6.07) is 15.4. The molecule has 0 saturated heterocycles. The van der Waals surface area contributed by atoms with Gasteiger partial charge >= 0.3 is 6.01 Å². The molecule has 28 heavy (non-hydrogen) atoms. The van der Waals surface area contributed by atoms with Crippen molar-refractivity contribution in [3.63, 3.8) is 0 Å². The first-order valence-corrected chi connectivity index (χ1v) is 9.17. The van der Waals surface area contributed by atoms with Crippen molar-refractivity contribution < 1.29 is 14.3 Å². The molecular formula is C21H24N4O3. The molecular weight excluding hydrogens is 356 g/mol. The quantitative estimate of drug-likeness (QED) is 0.672. The molecule has 0 fully saturated rings. The molecule has 1 N–H and O–H groups in total. The van der Waals surface area contributed by atoms with Crippen molar-refractivity contribution in [3.8, 4) is 28.8 Å². The number of methoxy groups -OCH3 is 1. The highest BCUT2D eigenvalue weighted by Crippen LogP contribution is 2.27. The zero-order chi connectivity index (χ0) is 20.1. The Morgan fingerprint density at radius 3 is 2.57 bits per heavy atom. The summed E-state index contributed by atoms with van der Waals surface area (Å²) in [5, 5.41) is 7.36. The third-order valence-electron chi connectivity index (χ3n) is 4.09. The van der Waals surface area contributed by atoms with Crippen LogP contribution in [0.25, 0.3) is 17.1 Å². The normalized spacial score (nSPS) is 10.8. The summed E-state index contributed by atoms with van der Waals surface area (Å²) in [5.74, 6) is 1.27. The minimum absolute atomic E-state index is 0.0239. The Balaban J connectivity index is 1.97. The summed E-state index contributed by atoms with van der Waals surface area (Å²) in [5.41, 5.74) is 2.39. The second-order valence-electron chi connectivity index (χ2n) is 6.49. The van der Waals surface area contributed by atoms with Crippen LogP contribution in [0, 0.1) is 5.92 Å². The molecule has 7 heteroatoms. The lowest BCUT2D eigenvalue weighted by Gasteiger charge is -2.10. The number of hydrogen-bond donors (Lipinski definition) is 1. The molecule has 0 unspecified atom stereocenters. The molecule has 146 valence electrons. The number of benzene rings is 2. The van der Waals surface area contributed by atoms with Crippen LogP contribution in [-0.4, -0.2) is 34.4 Å². The fraction of sp³-hybridized carbons (Fsp3) is 0.286. The Hall–Kier alpha value is -3.35. The molecule has 0 saturated carbocycles. The predicted molar refractivity (Wildman–Crippen MR) is 108 cm³/mol. The Labute approximate surface area is 164 Å². The molecule has 1 amide bonds. The maximum Gasteiger partial charge on any atom is 0.336 e. The zero-order valence-corrected chi connectivity index (χ0v) is 16.5. The summed E-state index contributed by atoms with van der Waals surface area (Å²) in [7, 11) is 1.62. The van der Waals surface area contributed by atoms with Crippen molar-refractivity contribution >= 4 is 11.6 Å². The van der Waals surface area contributed by atoms with Crippen LogP contribution >= 0.6 is 0 Å². The summed E-state index contributed by atoms with van der Waals surface area (Å²) in [4.78, 5) is 16.4. The molecule has 0 aliphatic carbocycles. The van der Waals surface area contributed by atoms with Gasteiger partial charge in [0.25, 0.3) is 0 Å². The highest BCUT2D eigenvalue weighted by atomic mass is 16.5. The second kappa shape index (κ2) is 8.56. The molecule has 0 spiro atoms. The minimum atomic E-state index is -0.0802. The largest absolute Gasteiger partial charge is 0.497 e. The Bertz CT molecular complexity index is 949. The number of anilines is 1. The van der Waals surface area contributed by atoms with Crippen LogP contribution in [0.1, 0.15) is 20.8 Å². The van der Waals surface area contributed by atoms with Gasteiger partial charge in [0.2, 0.25) is 5.91 Å². The fourth-order valence-corrected chi connectivity index (χ4v) is 2.59. The predicted octanol–water partition coefficient (Wildman–Crippen LogP) is 3.94. The van der Waals surface area contributed by atoms with Gasteiger partial charge in [0, 0.05) is 17.2 Å². The van der Waals surface area contributed by atoms with Gasteiger partial charge in [-0.1, -0.05) is 26.0 Å². The lowest BCUT2D eigenvalue weighted by atomic mass is 10.2.